The molecule has 2 heterocycles. The Balaban J connectivity index is 1.34. The Labute approximate surface area is 223 Å². The number of aliphatic carboxylic acids is 1. The molecule has 1 aliphatic heterocycles. The topological polar surface area (TPSA) is 62.7 Å². The third-order valence-corrected chi connectivity index (χ3v) is 8.50. The zero-order valence-corrected chi connectivity index (χ0v) is 22.6. The molecule has 0 unspecified atom stereocenters. The van der Waals surface area contributed by atoms with Gasteiger partial charge in [0.05, 0.1) is 12.6 Å². The molecule has 2 aromatic carbocycles. The molecule has 1 aromatic heterocycles. The smallest absolute Gasteiger partial charge is 0.303 e. The molecule has 0 radical (unpaired) electrons. The first kappa shape index (κ1) is 27.4. The van der Waals surface area contributed by atoms with E-state index in [1.165, 1.54) is 10.5 Å². The molecule has 0 saturated carbocycles. The van der Waals surface area contributed by atoms with E-state index in [1.54, 1.807) is 19.4 Å². The molecule has 5 nitrogen and oxygen atoms in total. The molecule has 3 atom stereocenters. The molecule has 198 valence electrons. The van der Waals surface area contributed by atoms with Crippen LogP contribution in [-0.2, 0) is 4.79 Å². The van der Waals surface area contributed by atoms with Crippen LogP contribution in [0.1, 0.15) is 49.4 Å². The van der Waals surface area contributed by atoms with Crippen molar-refractivity contribution in [2.75, 3.05) is 32.5 Å². The Morgan fingerprint density at radius 1 is 1.19 bits per heavy atom. The van der Waals surface area contributed by atoms with E-state index in [9.17, 15) is 9.90 Å². The van der Waals surface area contributed by atoms with E-state index in [0.717, 1.165) is 49.1 Å². The van der Waals surface area contributed by atoms with Crippen LogP contribution in [0.4, 0.5) is 4.39 Å². The summed E-state index contributed by atoms with van der Waals surface area (Å²) in [6.45, 7) is 4.94. The standard InChI is InChI=1S/C30H37FN2O3S/c1-21-3-8-25(9-4-21)37-18-17-33-16-14-22(23(20-33)6-12-30(34)35)5-10-28(31)26-13-15-32-29-11-7-24(36-2)19-27(26)29/h3-4,7-9,11,13,15,19,22-23,28H,5-6,10,12,14,16-18,20H2,1-2H3,(H,34,35)/t22-,23-,28-/m1/s1. The lowest BCUT2D eigenvalue weighted by Crippen LogP contribution is -2.41. The minimum atomic E-state index is -1.10. The number of ether oxygens (including phenoxy) is 1. The lowest BCUT2D eigenvalue weighted by Gasteiger charge is -2.39. The third-order valence-electron chi connectivity index (χ3n) is 7.51. The molecule has 0 amide bonds. The number of aryl methyl sites for hydroxylation is 1. The number of benzene rings is 2. The summed E-state index contributed by atoms with van der Waals surface area (Å²) in [6, 6.07) is 15.9. The number of hydrogen-bond donors (Lipinski definition) is 1. The first-order chi connectivity index (χ1) is 17.9. The summed E-state index contributed by atoms with van der Waals surface area (Å²) in [5.74, 6) is 1.55. The number of carboxylic acids is 1. The molecular formula is C30H37FN2O3S. The number of carbonyl (C=O) groups is 1. The maximum Gasteiger partial charge on any atom is 0.303 e. The summed E-state index contributed by atoms with van der Waals surface area (Å²) in [5, 5.41) is 10.1. The van der Waals surface area contributed by atoms with Crippen LogP contribution in [0.3, 0.4) is 0 Å². The monoisotopic (exact) mass is 524 g/mol. The summed E-state index contributed by atoms with van der Waals surface area (Å²) in [4.78, 5) is 19.4. The van der Waals surface area contributed by atoms with Gasteiger partial charge in [-0.1, -0.05) is 17.7 Å². The highest BCUT2D eigenvalue weighted by Gasteiger charge is 2.30. The fourth-order valence-electron chi connectivity index (χ4n) is 5.36. The third kappa shape index (κ3) is 7.68. The van der Waals surface area contributed by atoms with Crippen LogP contribution in [0.2, 0.25) is 0 Å². The first-order valence-corrected chi connectivity index (χ1v) is 14.1. The summed E-state index contributed by atoms with van der Waals surface area (Å²) in [6.07, 6.45) is 3.55. The molecule has 0 bridgehead atoms. The number of nitrogens with zero attached hydrogens (tertiary/aromatic N) is 2. The molecular weight excluding hydrogens is 487 g/mol. The van der Waals surface area contributed by atoms with E-state index < -0.39 is 12.1 Å². The van der Waals surface area contributed by atoms with Gasteiger partial charge in [0.1, 0.15) is 11.9 Å². The molecule has 3 aromatic rings. The van der Waals surface area contributed by atoms with Crippen molar-refractivity contribution in [3.63, 3.8) is 0 Å². The average Bonchev–Trinajstić information content (AvgIpc) is 2.91. The van der Waals surface area contributed by atoms with Gasteiger partial charge in [0.25, 0.3) is 0 Å². The number of hydrogen-bond acceptors (Lipinski definition) is 5. The van der Waals surface area contributed by atoms with E-state index in [0.29, 0.717) is 30.1 Å². The number of aromatic nitrogens is 1. The predicted molar refractivity (Wildman–Crippen MR) is 148 cm³/mol. The maximum absolute atomic E-state index is 15.6. The molecule has 1 fully saturated rings. The fourth-order valence-corrected chi connectivity index (χ4v) is 6.28. The lowest BCUT2D eigenvalue weighted by molar-refractivity contribution is -0.137. The molecule has 7 heteroatoms. The lowest BCUT2D eigenvalue weighted by atomic mass is 9.79. The number of halogens is 1. The van der Waals surface area contributed by atoms with Gasteiger partial charge in [-0.3, -0.25) is 9.78 Å². The van der Waals surface area contributed by atoms with Crippen molar-refractivity contribution in [3.8, 4) is 5.75 Å². The Morgan fingerprint density at radius 2 is 2.00 bits per heavy atom. The minimum absolute atomic E-state index is 0.168. The van der Waals surface area contributed by atoms with E-state index in [1.807, 2.05) is 30.0 Å². The van der Waals surface area contributed by atoms with Crippen LogP contribution in [0.25, 0.3) is 10.9 Å². The highest BCUT2D eigenvalue weighted by Crippen LogP contribution is 2.36. The molecule has 0 spiro atoms. The number of piperidine rings is 1. The number of carboxylic acid groups (broad SMARTS) is 1. The maximum atomic E-state index is 15.6. The molecule has 1 N–H and O–H groups in total. The average molecular weight is 525 g/mol. The second kappa shape index (κ2) is 13.2. The van der Waals surface area contributed by atoms with Crippen LogP contribution >= 0.6 is 11.8 Å². The van der Waals surface area contributed by atoms with Crippen molar-refractivity contribution in [2.24, 2.45) is 11.8 Å². The zero-order chi connectivity index (χ0) is 26.2. The van der Waals surface area contributed by atoms with Crippen molar-refractivity contribution in [3.05, 3.63) is 65.9 Å². The van der Waals surface area contributed by atoms with Gasteiger partial charge in [-0.2, -0.15) is 0 Å². The van der Waals surface area contributed by atoms with Crippen LogP contribution in [-0.4, -0.2) is 53.5 Å². The molecule has 0 aliphatic carbocycles. The second-order valence-electron chi connectivity index (χ2n) is 10.0. The van der Waals surface area contributed by atoms with Crippen LogP contribution in [0, 0.1) is 18.8 Å². The Morgan fingerprint density at radius 3 is 2.76 bits per heavy atom. The Hall–Kier alpha value is -2.64. The summed E-state index contributed by atoms with van der Waals surface area (Å²) < 4.78 is 20.9. The minimum Gasteiger partial charge on any atom is -0.497 e. The summed E-state index contributed by atoms with van der Waals surface area (Å²) in [7, 11) is 1.61. The SMILES string of the molecule is COc1ccc2nccc([C@H](F)CC[C@@H]3CCN(CCSc4ccc(C)cc4)C[C@H]3CCC(=O)O)c2c1. The van der Waals surface area contributed by atoms with Gasteiger partial charge >= 0.3 is 5.97 Å². The van der Waals surface area contributed by atoms with E-state index in [2.05, 4.69) is 41.1 Å². The van der Waals surface area contributed by atoms with Crippen molar-refractivity contribution in [1.82, 2.24) is 9.88 Å². The highest BCUT2D eigenvalue weighted by atomic mass is 32.2. The number of thioether (sulfide) groups is 1. The predicted octanol–water partition coefficient (Wildman–Crippen LogP) is 6.94. The van der Waals surface area contributed by atoms with E-state index in [4.69, 9.17) is 4.74 Å². The molecule has 4 rings (SSSR count). The largest absolute Gasteiger partial charge is 0.497 e. The van der Waals surface area contributed by atoms with Crippen molar-refractivity contribution >= 4 is 28.6 Å². The number of alkyl halides is 1. The van der Waals surface area contributed by atoms with Crippen molar-refractivity contribution in [1.29, 1.82) is 0 Å². The van der Waals surface area contributed by atoms with Crippen LogP contribution in [0.5, 0.6) is 5.75 Å². The Bertz CT molecular complexity index is 1170. The molecule has 37 heavy (non-hydrogen) atoms. The Kier molecular flexibility index (Phi) is 9.81. The second-order valence-corrected chi connectivity index (χ2v) is 11.2. The normalized spacial score (nSPS) is 19.1. The van der Waals surface area contributed by atoms with Gasteiger partial charge in [0.2, 0.25) is 0 Å². The fraction of sp³-hybridized carbons (Fsp3) is 0.467. The van der Waals surface area contributed by atoms with Crippen molar-refractivity contribution < 1.29 is 19.0 Å². The summed E-state index contributed by atoms with van der Waals surface area (Å²) in [5.41, 5.74) is 2.67. The van der Waals surface area contributed by atoms with Crippen LogP contribution in [0.15, 0.2) is 59.6 Å². The van der Waals surface area contributed by atoms with Crippen molar-refractivity contribution in [2.45, 2.75) is 50.1 Å². The van der Waals surface area contributed by atoms with Gasteiger partial charge < -0.3 is 14.7 Å². The van der Waals surface area contributed by atoms with Gasteiger partial charge in [-0.25, -0.2) is 4.39 Å². The first-order valence-electron chi connectivity index (χ1n) is 13.1. The van der Waals surface area contributed by atoms with E-state index >= 15 is 4.39 Å². The van der Waals surface area contributed by atoms with Gasteiger partial charge in [-0.15, -0.1) is 11.8 Å². The quantitative estimate of drug-likeness (QED) is 0.259. The van der Waals surface area contributed by atoms with E-state index in [-0.39, 0.29) is 12.3 Å². The van der Waals surface area contributed by atoms with Gasteiger partial charge in [0, 0.05) is 41.7 Å². The van der Waals surface area contributed by atoms with Gasteiger partial charge in [0.15, 0.2) is 0 Å². The number of pyridine rings is 1. The zero-order valence-electron chi connectivity index (χ0n) is 21.7. The number of rotatable bonds is 12. The summed E-state index contributed by atoms with van der Waals surface area (Å²) >= 11 is 1.86. The van der Waals surface area contributed by atoms with Crippen LogP contribution < -0.4 is 4.74 Å². The highest BCUT2D eigenvalue weighted by molar-refractivity contribution is 7.99. The molecule has 1 saturated heterocycles. The van der Waals surface area contributed by atoms with Gasteiger partial charge in [-0.05, 0) is 92.9 Å². The number of methoxy groups -OCH3 is 1. The molecule has 1 aliphatic rings. The number of likely N-dealkylation sites (tertiary alicyclic amines) is 1. The number of fused-ring (bicyclic) bond motifs is 1.